The van der Waals surface area contributed by atoms with E-state index in [2.05, 4.69) is 19.2 Å². The van der Waals surface area contributed by atoms with Crippen LogP contribution in [-0.4, -0.2) is 17.7 Å². The number of benzene rings is 1. The van der Waals surface area contributed by atoms with E-state index in [1.165, 1.54) is 6.42 Å². The Bertz CT molecular complexity index is 361. The van der Waals surface area contributed by atoms with Crippen LogP contribution in [0.25, 0.3) is 0 Å². The first-order valence-corrected chi connectivity index (χ1v) is 6.04. The molecule has 0 spiro atoms. The molecule has 1 aromatic rings. The molecule has 0 radical (unpaired) electrons. The van der Waals surface area contributed by atoms with Crippen molar-refractivity contribution < 1.29 is 5.11 Å². The third kappa shape index (κ3) is 2.76. The van der Waals surface area contributed by atoms with E-state index in [0.29, 0.717) is 23.0 Å². The molecule has 88 valence electrons. The predicted octanol–water partition coefficient (Wildman–Crippen LogP) is 2.76. The summed E-state index contributed by atoms with van der Waals surface area (Å²) in [6.07, 6.45) is 0.744. The average Bonchev–Trinajstić information content (AvgIpc) is 2.84. The minimum Gasteiger partial charge on any atom is -0.387 e. The molecule has 1 saturated carbocycles. The van der Waals surface area contributed by atoms with Crippen LogP contribution < -0.4 is 5.32 Å². The van der Waals surface area contributed by atoms with Crippen molar-refractivity contribution in [3.05, 3.63) is 34.9 Å². The van der Waals surface area contributed by atoms with Gasteiger partial charge < -0.3 is 10.4 Å². The fourth-order valence-electron chi connectivity index (χ4n) is 1.87. The molecule has 1 aliphatic rings. The quantitative estimate of drug-likeness (QED) is 0.847. The van der Waals surface area contributed by atoms with E-state index in [4.69, 9.17) is 11.6 Å². The van der Waals surface area contributed by atoms with Crippen LogP contribution in [-0.2, 0) is 0 Å². The van der Waals surface area contributed by atoms with Gasteiger partial charge in [-0.1, -0.05) is 37.6 Å². The summed E-state index contributed by atoms with van der Waals surface area (Å²) in [6.45, 7) is 5.08. The van der Waals surface area contributed by atoms with E-state index in [1.807, 2.05) is 12.1 Å². The molecular weight excluding hydrogens is 222 g/mol. The number of halogens is 1. The Morgan fingerprint density at radius 3 is 2.50 bits per heavy atom. The summed E-state index contributed by atoms with van der Waals surface area (Å²) in [5, 5.41) is 14.0. The van der Waals surface area contributed by atoms with Gasteiger partial charge in [-0.2, -0.15) is 0 Å². The highest BCUT2D eigenvalue weighted by Gasteiger charge is 2.45. The Morgan fingerprint density at radius 1 is 1.44 bits per heavy atom. The minimum atomic E-state index is -0.450. The predicted molar refractivity (Wildman–Crippen MR) is 66.6 cm³/mol. The second kappa shape index (κ2) is 4.36. The second-order valence-electron chi connectivity index (χ2n) is 5.22. The lowest BCUT2D eigenvalue weighted by Crippen LogP contribution is -2.26. The molecule has 0 heterocycles. The van der Waals surface area contributed by atoms with Gasteiger partial charge in [-0.05, 0) is 29.5 Å². The third-order valence-corrected chi connectivity index (χ3v) is 3.58. The van der Waals surface area contributed by atoms with Gasteiger partial charge in [0.25, 0.3) is 0 Å². The van der Waals surface area contributed by atoms with E-state index in [0.717, 1.165) is 5.56 Å². The molecule has 0 saturated heterocycles. The largest absolute Gasteiger partial charge is 0.387 e. The molecule has 1 fully saturated rings. The van der Waals surface area contributed by atoms with Gasteiger partial charge in [0.2, 0.25) is 0 Å². The van der Waals surface area contributed by atoms with Crippen LogP contribution in [0.5, 0.6) is 0 Å². The van der Waals surface area contributed by atoms with Crippen LogP contribution in [0.15, 0.2) is 24.3 Å². The van der Waals surface area contributed by atoms with Crippen LogP contribution in [0.4, 0.5) is 0 Å². The Balaban J connectivity index is 1.84. The topological polar surface area (TPSA) is 32.3 Å². The van der Waals surface area contributed by atoms with Crippen molar-refractivity contribution in [2.75, 3.05) is 6.54 Å². The Hall–Kier alpha value is -0.570. The maximum absolute atomic E-state index is 9.95. The second-order valence-corrected chi connectivity index (χ2v) is 5.66. The zero-order chi connectivity index (χ0) is 11.8. The van der Waals surface area contributed by atoms with E-state index in [9.17, 15) is 5.11 Å². The SMILES string of the molecule is CC1(C)CC1NCC(O)c1ccc(Cl)cc1. The molecule has 2 N–H and O–H groups in total. The van der Waals surface area contributed by atoms with Crippen molar-refractivity contribution in [2.45, 2.75) is 32.4 Å². The first kappa shape index (κ1) is 11.9. The summed E-state index contributed by atoms with van der Waals surface area (Å²) in [6, 6.07) is 7.90. The van der Waals surface area contributed by atoms with Gasteiger partial charge in [0.15, 0.2) is 0 Å². The number of hydrogen-bond acceptors (Lipinski definition) is 2. The van der Waals surface area contributed by atoms with Crippen molar-refractivity contribution >= 4 is 11.6 Å². The molecule has 16 heavy (non-hydrogen) atoms. The molecule has 2 unspecified atom stereocenters. The molecule has 1 aliphatic carbocycles. The number of aliphatic hydroxyl groups is 1. The zero-order valence-corrected chi connectivity index (χ0v) is 10.5. The fourth-order valence-corrected chi connectivity index (χ4v) is 2.00. The van der Waals surface area contributed by atoms with Gasteiger partial charge >= 0.3 is 0 Å². The molecule has 0 aromatic heterocycles. The number of nitrogens with one attached hydrogen (secondary N) is 1. The molecular formula is C13H18ClNO. The molecule has 2 atom stereocenters. The Kier molecular flexibility index (Phi) is 3.24. The van der Waals surface area contributed by atoms with E-state index in [1.54, 1.807) is 12.1 Å². The molecule has 2 rings (SSSR count). The molecule has 1 aromatic carbocycles. The van der Waals surface area contributed by atoms with Gasteiger partial charge in [-0.3, -0.25) is 0 Å². The molecule has 3 heteroatoms. The van der Waals surface area contributed by atoms with Crippen molar-refractivity contribution in [3.8, 4) is 0 Å². The monoisotopic (exact) mass is 239 g/mol. The summed E-state index contributed by atoms with van der Waals surface area (Å²) in [4.78, 5) is 0. The van der Waals surface area contributed by atoms with Crippen molar-refractivity contribution in [2.24, 2.45) is 5.41 Å². The first-order valence-electron chi connectivity index (χ1n) is 5.66. The van der Waals surface area contributed by atoms with Crippen LogP contribution in [0.2, 0.25) is 5.02 Å². The van der Waals surface area contributed by atoms with Gasteiger partial charge in [0.1, 0.15) is 0 Å². The number of rotatable bonds is 4. The lowest BCUT2D eigenvalue weighted by molar-refractivity contribution is 0.173. The van der Waals surface area contributed by atoms with Crippen molar-refractivity contribution in [1.29, 1.82) is 0 Å². The molecule has 0 amide bonds. The van der Waals surface area contributed by atoms with Crippen LogP contribution in [0, 0.1) is 5.41 Å². The van der Waals surface area contributed by atoms with Crippen molar-refractivity contribution in [3.63, 3.8) is 0 Å². The number of hydrogen-bond donors (Lipinski definition) is 2. The maximum atomic E-state index is 9.95. The highest BCUT2D eigenvalue weighted by molar-refractivity contribution is 6.30. The van der Waals surface area contributed by atoms with E-state index < -0.39 is 6.10 Å². The van der Waals surface area contributed by atoms with Gasteiger partial charge in [0.05, 0.1) is 6.10 Å². The highest BCUT2D eigenvalue weighted by atomic mass is 35.5. The van der Waals surface area contributed by atoms with Crippen molar-refractivity contribution in [1.82, 2.24) is 5.32 Å². The lowest BCUT2D eigenvalue weighted by atomic mass is 10.1. The van der Waals surface area contributed by atoms with Crippen LogP contribution in [0.1, 0.15) is 31.9 Å². The third-order valence-electron chi connectivity index (χ3n) is 3.33. The van der Waals surface area contributed by atoms with Gasteiger partial charge in [-0.15, -0.1) is 0 Å². The summed E-state index contributed by atoms with van der Waals surface area (Å²) in [7, 11) is 0. The zero-order valence-electron chi connectivity index (χ0n) is 9.70. The van der Waals surface area contributed by atoms with Gasteiger partial charge in [-0.25, -0.2) is 0 Å². The summed E-state index contributed by atoms with van der Waals surface area (Å²) in [5.74, 6) is 0. The summed E-state index contributed by atoms with van der Waals surface area (Å²) >= 11 is 5.79. The molecule has 0 bridgehead atoms. The normalized spacial score (nSPS) is 24.1. The lowest BCUT2D eigenvalue weighted by Gasteiger charge is -2.13. The molecule has 0 aliphatic heterocycles. The standard InChI is InChI=1S/C13H18ClNO/c1-13(2)7-12(13)15-8-11(16)9-3-5-10(14)6-4-9/h3-6,11-12,15-16H,7-8H2,1-2H3. The summed E-state index contributed by atoms with van der Waals surface area (Å²) < 4.78 is 0. The van der Waals surface area contributed by atoms with E-state index in [-0.39, 0.29) is 0 Å². The maximum Gasteiger partial charge on any atom is 0.0914 e. The van der Waals surface area contributed by atoms with Gasteiger partial charge in [0, 0.05) is 17.6 Å². The minimum absolute atomic E-state index is 0.402. The Labute approximate surface area is 102 Å². The average molecular weight is 240 g/mol. The molecule has 2 nitrogen and oxygen atoms in total. The van der Waals surface area contributed by atoms with Crippen LogP contribution >= 0.6 is 11.6 Å². The fraction of sp³-hybridized carbons (Fsp3) is 0.538. The highest BCUT2D eigenvalue weighted by Crippen LogP contribution is 2.44. The number of aliphatic hydroxyl groups excluding tert-OH is 1. The van der Waals surface area contributed by atoms with Crippen LogP contribution in [0.3, 0.4) is 0 Å². The van der Waals surface area contributed by atoms with E-state index >= 15 is 0 Å². The summed E-state index contributed by atoms with van der Waals surface area (Å²) in [5.41, 5.74) is 1.31. The first-order chi connectivity index (χ1) is 7.49. The smallest absolute Gasteiger partial charge is 0.0914 e. The Morgan fingerprint density at radius 2 is 2.00 bits per heavy atom.